The molecule has 0 unspecified atom stereocenters. The third-order valence-electron chi connectivity index (χ3n) is 2.65. The normalized spacial score (nSPS) is 10.2. The second-order valence-electron chi connectivity index (χ2n) is 3.97. The van der Waals surface area contributed by atoms with Crippen LogP contribution in [0.25, 0.3) is 0 Å². The van der Waals surface area contributed by atoms with Crippen LogP contribution >= 0.6 is 0 Å². The van der Waals surface area contributed by atoms with E-state index in [4.69, 9.17) is 14.9 Å². The molecule has 2 aromatic rings. The van der Waals surface area contributed by atoms with Crippen LogP contribution in [-0.4, -0.2) is 26.1 Å². The van der Waals surface area contributed by atoms with Crippen molar-refractivity contribution in [3.8, 4) is 5.75 Å². The summed E-state index contributed by atoms with van der Waals surface area (Å²) in [4.78, 5) is 13.6. The topological polar surface area (TPSA) is 68.7 Å². The molecule has 0 aliphatic carbocycles. The van der Waals surface area contributed by atoms with Gasteiger partial charge in [-0.25, -0.2) is 0 Å². The molecule has 5 heteroatoms. The van der Waals surface area contributed by atoms with E-state index in [0.717, 1.165) is 11.4 Å². The Morgan fingerprint density at radius 1 is 1.32 bits per heavy atom. The van der Waals surface area contributed by atoms with Gasteiger partial charge in [0.25, 0.3) is 5.91 Å². The summed E-state index contributed by atoms with van der Waals surface area (Å²) in [5, 5.41) is 0. The third kappa shape index (κ3) is 3.14. The van der Waals surface area contributed by atoms with Crippen molar-refractivity contribution in [1.29, 1.82) is 0 Å². The van der Waals surface area contributed by atoms with Crippen molar-refractivity contribution in [2.24, 2.45) is 5.73 Å². The number of benzene rings is 1. The number of carbonyl (C=O) groups excluding carboxylic acids is 1. The summed E-state index contributed by atoms with van der Waals surface area (Å²) in [6.07, 6.45) is 1.48. The Kier molecular flexibility index (Phi) is 4.20. The summed E-state index contributed by atoms with van der Waals surface area (Å²) >= 11 is 0. The third-order valence-corrected chi connectivity index (χ3v) is 2.65. The quantitative estimate of drug-likeness (QED) is 0.891. The van der Waals surface area contributed by atoms with Crippen LogP contribution in [0, 0.1) is 0 Å². The molecule has 0 saturated carbocycles. The zero-order valence-corrected chi connectivity index (χ0v) is 10.7. The number of anilines is 1. The minimum Gasteiger partial charge on any atom is -0.492 e. The van der Waals surface area contributed by atoms with Crippen LogP contribution in [0.1, 0.15) is 10.6 Å². The number of amides is 1. The van der Waals surface area contributed by atoms with Gasteiger partial charge in [-0.1, -0.05) is 0 Å². The van der Waals surface area contributed by atoms with Crippen LogP contribution < -0.4 is 15.4 Å². The maximum Gasteiger partial charge on any atom is 0.293 e. The summed E-state index contributed by atoms with van der Waals surface area (Å²) < 4.78 is 10.5. The number of nitrogens with two attached hydrogens (primary N) is 1. The first-order chi connectivity index (χ1) is 9.22. The Labute approximate surface area is 111 Å². The summed E-state index contributed by atoms with van der Waals surface area (Å²) in [6.45, 7) is 0.944. The predicted molar refractivity (Wildman–Crippen MR) is 72.4 cm³/mol. The molecule has 0 aliphatic rings. The maximum absolute atomic E-state index is 12.0. The molecule has 2 rings (SSSR count). The lowest BCUT2D eigenvalue weighted by Gasteiger charge is -2.16. The Balaban J connectivity index is 2.07. The lowest BCUT2D eigenvalue weighted by Crippen LogP contribution is -2.25. The van der Waals surface area contributed by atoms with E-state index >= 15 is 0 Å². The van der Waals surface area contributed by atoms with E-state index in [9.17, 15) is 4.79 Å². The highest BCUT2D eigenvalue weighted by atomic mass is 16.5. The van der Waals surface area contributed by atoms with E-state index in [1.165, 1.54) is 11.2 Å². The fourth-order valence-electron chi connectivity index (χ4n) is 1.63. The van der Waals surface area contributed by atoms with Gasteiger partial charge in [-0.15, -0.1) is 0 Å². The first-order valence-electron chi connectivity index (χ1n) is 5.97. The Hall–Kier alpha value is -2.27. The monoisotopic (exact) mass is 260 g/mol. The van der Waals surface area contributed by atoms with Gasteiger partial charge in [-0.3, -0.25) is 4.79 Å². The molecule has 1 aromatic carbocycles. The van der Waals surface area contributed by atoms with Gasteiger partial charge in [0.15, 0.2) is 5.76 Å². The molecule has 0 atom stereocenters. The largest absolute Gasteiger partial charge is 0.492 e. The smallest absolute Gasteiger partial charge is 0.293 e. The summed E-state index contributed by atoms with van der Waals surface area (Å²) in [6, 6.07) is 10.6. The van der Waals surface area contributed by atoms with Crippen molar-refractivity contribution >= 4 is 11.6 Å². The van der Waals surface area contributed by atoms with Gasteiger partial charge in [-0.2, -0.15) is 0 Å². The van der Waals surface area contributed by atoms with Crippen LogP contribution in [0.2, 0.25) is 0 Å². The molecule has 2 N–H and O–H groups in total. The lowest BCUT2D eigenvalue weighted by molar-refractivity contribution is 0.0966. The van der Waals surface area contributed by atoms with Gasteiger partial charge in [0.2, 0.25) is 0 Å². The van der Waals surface area contributed by atoms with E-state index in [2.05, 4.69) is 0 Å². The maximum atomic E-state index is 12.0. The van der Waals surface area contributed by atoms with Gasteiger partial charge < -0.3 is 19.8 Å². The zero-order chi connectivity index (χ0) is 13.7. The van der Waals surface area contributed by atoms with Crippen molar-refractivity contribution in [2.45, 2.75) is 0 Å². The summed E-state index contributed by atoms with van der Waals surface area (Å²) in [5.74, 6) is 0.847. The first-order valence-corrected chi connectivity index (χ1v) is 5.97. The van der Waals surface area contributed by atoms with Gasteiger partial charge in [0.05, 0.1) is 6.26 Å². The molecule has 0 aliphatic heterocycles. The first kappa shape index (κ1) is 13.2. The number of carbonyl (C=O) groups is 1. The Morgan fingerprint density at radius 3 is 2.63 bits per heavy atom. The molecule has 0 saturated heterocycles. The SMILES string of the molecule is CN(C(=O)c1ccco1)c1ccc(OCCN)cc1. The molecular formula is C14H16N2O3. The second kappa shape index (κ2) is 6.06. The minimum absolute atomic E-state index is 0.194. The fourth-order valence-corrected chi connectivity index (χ4v) is 1.63. The van der Waals surface area contributed by atoms with E-state index in [-0.39, 0.29) is 5.91 Å². The molecular weight excluding hydrogens is 244 g/mol. The van der Waals surface area contributed by atoms with Crippen molar-refractivity contribution in [2.75, 3.05) is 25.1 Å². The second-order valence-corrected chi connectivity index (χ2v) is 3.97. The highest BCUT2D eigenvalue weighted by Crippen LogP contribution is 2.20. The van der Waals surface area contributed by atoms with Gasteiger partial charge >= 0.3 is 0 Å². The summed E-state index contributed by atoms with van der Waals surface area (Å²) in [7, 11) is 1.70. The Bertz CT molecular complexity index is 520. The number of hydrogen-bond acceptors (Lipinski definition) is 4. The van der Waals surface area contributed by atoms with Crippen LogP contribution in [0.5, 0.6) is 5.75 Å². The number of ether oxygens (including phenoxy) is 1. The molecule has 100 valence electrons. The molecule has 0 bridgehead atoms. The fraction of sp³-hybridized carbons (Fsp3) is 0.214. The highest BCUT2D eigenvalue weighted by Gasteiger charge is 2.15. The van der Waals surface area contributed by atoms with Crippen LogP contribution in [0.3, 0.4) is 0 Å². The molecule has 1 amide bonds. The van der Waals surface area contributed by atoms with Crippen LogP contribution in [0.15, 0.2) is 47.1 Å². The van der Waals surface area contributed by atoms with Crippen molar-refractivity contribution in [3.05, 3.63) is 48.4 Å². The van der Waals surface area contributed by atoms with E-state index < -0.39 is 0 Å². The van der Waals surface area contributed by atoms with Crippen LogP contribution in [0.4, 0.5) is 5.69 Å². The van der Waals surface area contributed by atoms with E-state index in [0.29, 0.717) is 18.9 Å². The molecule has 1 heterocycles. The lowest BCUT2D eigenvalue weighted by atomic mass is 10.2. The molecule has 5 nitrogen and oxygen atoms in total. The highest BCUT2D eigenvalue weighted by molar-refractivity contribution is 6.03. The Morgan fingerprint density at radius 2 is 2.05 bits per heavy atom. The number of rotatable bonds is 5. The minimum atomic E-state index is -0.194. The van der Waals surface area contributed by atoms with Crippen molar-refractivity contribution < 1.29 is 13.9 Å². The van der Waals surface area contributed by atoms with Crippen LogP contribution in [-0.2, 0) is 0 Å². The molecule has 0 spiro atoms. The average Bonchev–Trinajstić information content (AvgIpc) is 2.98. The summed E-state index contributed by atoms with van der Waals surface area (Å²) in [5.41, 5.74) is 6.13. The molecule has 19 heavy (non-hydrogen) atoms. The zero-order valence-electron chi connectivity index (χ0n) is 10.7. The van der Waals surface area contributed by atoms with E-state index in [1.807, 2.05) is 12.1 Å². The average molecular weight is 260 g/mol. The van der Waals surface area contributed by atoms with Gasteiger partial charge in [0, 0.05) is 19.3 Å². The van der Waals surface area contributed by atoms with Gasteiger partial charge in [-0.05, 0) is 36.4 Å². The van der Waals surface area contributed by atoms with Crippen molar-refractivity contribution in [1.82, 2.24) is 0 Å². The van der Waals surface area contributed by atoms with E-state index in [1.54, 1.807) is 31.3 Å². The number of hydrogen-bond donors (Lipinski definition) is 1. The number of nitrogens with zero attached hydrogens (tertiary/aromatic N) is 1. The van der Waals surface area contributed by atoms with Gasteiger partial charge in [0.1, 0.15) is 12.4 Å². The molecule has 0 radical (unpaired) electrons. The standard InChI is InChI=1S/C14H16N2O3/c1-16(14(17)13-3-2-9-19-13)11-4-6-12(7-5-11)18-10-8-15/h2-7,9H,8,10,15H2,1H3. The molecule has 0 fully saturated rings. The molecule has 1 aromatic heterocycles. The predicted octanol–water partition coefficient (Wildman–Crippen LogP) is 1.89. The van der Waals surface area contributed by atoms with Crippen molar-refractivity contribution in [3.63, 3.8) is 0 Å². The number of furan rings is 1.